The fourth-order valence-electron chi connectivity index (χ4n) is 1.27. The Morgan fingerprint density at radius 2 is 2.00 bits per heavy atom. The summed E-state index contributed by atoms with van der Waals surface area (Å²) in [6.07, 6.45) is 1.52. The molecule has 0 aliphatic heterocycles. The molecule has 0 saturated heterocycles. The Bertz CT molecular complexity index is 651. The van der Waals surface area contributed by atoms with Crippen LogP contribution in [0.1, 0.15) is 10.5 Å². The second-order valence-corrected chi connectivity index (χ2v) is 5.48. The van der Waals surface area contributed by atoms with Crippen LogP contribution in [0.5, 0.6) is 0 Å². The SMILES string of the molecule is O=C(Nc1cc(Br)cnc1Cl)c1nc(Cl)ccc1Cl. The van der Waals surface area contributed by atoms with Crippen molar-refractivity contribution in [3.8, 4) is 0 Å². The van der Waals surface area contributed by atoms with Crippen LogP contribution in [0.2, 0.25) is 15.3 Å². The Kier molecular flexibility index (Phi) is 4.62. The van der Waals surface area contributed by atoms with E-state index in [0.29, 0.717) is 10.2 Å². The molecular formula is C11H5BrCl3N3O. The van der Waals surface area contributed by atoms with Gasteiger partial charge in [-0.25, -0.2) is 9.97 Å². The van der Waals surface area contributed by atoms with E-state index in [-0.39, 0.29) is 21.0 Å². The van der Waals surface area contributed by atoms with Crippen LogP contribution in [0.3, 0.4) is 0 Å². The van der Waals surface area contributed by atoms with Gasteiger partial charge in [-0.15, -0.1) is 0 Å². The molecule has 0 aromatic carbocycles. The quantitative estimate of drug-likeness (QED) is 0.782. The largest absolute Gasteiger partial charge is 0.318 e. The number of hydrogen-bond donors (Lipinski definition) is 1. The van der Waals surface area contributed by atoms with Gasteiger partial charge in [-0.1, -0.05) is 34.8 Å². The molecule has 0 atom stereocenters. The highest BCUT2D eigenvalue weighted by Crippen LogP contribution is 2.24. The molecule has 2 heterocycles. The van der Waals surface area contributed by atoms with E-state index in [1.54, 1.807) is 6.07 Å². The molecule has 19 heavy (non-hydrogen) atoms. The number of amides is 1. The van der Waals surface area contributed by atoms with Crippen LogP contribution in [-0.2, 0) is 0 Å². The van der Waals surface area contributed by atoms with Gasteiger partial charge < -0.3 is 5.32 Å². The zero-order chi connectivity index (χ0) is 14.0. The molecule has 0 fully saturated rings. The highest BCUT2D eigenvalue weighted by Gasteiger charge is 2.15. The minimum absolute atomic E-state index is 0.0187. The van der Waals surface area contributed by atoms with Crippen molar-refractivity contribution in [2.75, 3.05) is 5.32 Å². The van der Waals surface area contributed by atoms with Gasteiger partial charge in [0.25, 0.3) is 5.91 Å². The number of halogens is 4. The molecule has 0 spiro atoms. The molecule has 0 saturated carbocycles. The van der Waals surface area contributed by atoms with Crippen LogP contribution < -0.4 is 5.32 Å². The number of nitrogens with one attached hydrogen (secondary N) is 1. The van der Waals surface area contributed by atoms with Gasteiger partial charge in [0.1, 0.15) is 10.8 Å². The molecule has 98 valence electrons. The van der Waals surface area contributed by atoms with Crippen molar-refractivity contribution in [2.45, 2.75) is 0 Å². The number of anilines is 1. The maximum atomic E-state index is 12.0. The van der Waals surface area contributed by atoms with E-state index in [2.05, 4.69) is 31.2 Å². The van der Waals surface area contributed by atoms with Crippen LogP contribution in [0.15, 0.2) is 28.9 Å². The predicted molar refractivity (Wildman–Crippen MR) is 79.2 cm³/mol. The molecule has 0 aliphatic carbocycles. The predicted octanol–water partition coefficient (Wildman–Crippen LogP) is 4.45. The monoisotopic (exact) mass is 379 g/mol. The molecular weight excluding hydrogens is 376 g/mol. The maximum absolute atomic E-state index is 12.0. The summed E-state index contributed by atoms with van der Waals surface area (Å²) in [6, 6.07) is 4.60. The number of aromatic nitrogens is 2. The second-order valence-electron chi connectivity index (χ2n) is 3.41. The lowest BCUT2D eigenvalue weighted by atomic mass is 10.3. The minimum atomic E-state index is -0.519. The third kappa shape index (κ3) is 3.57. The average Bonchev–Trinajstić information content (AvgIpc) is 2.36. The van der Waals surface area contributed by atoms with Gasteiger partial charge >= 0.3 is 0 Å². The van der Waals surface area contributed by atoms with Gasteiger partial charge in [-0.2, -0.15) is 0 Å². The molecule has 0 radical (unpaired) electrons. The number of carbonyl (C=O) groups is 1. The average molecular weight is 381 g/mol. The highest BCUT2D eigenvalue weighted by atomic mass is 79.9. The molecule has 1 N–H and O–H groups in total. The van der Waals surface area contributed by atoms with E-state index in [4.69, 9.17) is 34.8 Å². The fourth-order valence-corrected chi connectivity index (χ4v) is 2.09. The normalized spacial score (nSPS) is 10.3. The van der Waals surface area contributed by atoms with Crippen molar-refractivity contribution < 1.29 is 4.79 Å². The van der Waals surface area contributed by atoms with Crippen LogP contribution in [-0.4, -0.2) is 15.9 Å². The van der Waals surface area contributed by atoms with Crippen LogP contribution in [0.4, 0.5) is 5.69 Å². The van der Waals surface area contributed by atoms with Gasteiger partial charge in [0, 0.05) is 10.7 Å². The molecule has 0 bridgehead atoms. The smallest absolute Gasteiger partial charge is 0.275 e. The lowest BCUT2D eigenvalue weighted by molar-refractivity contribution is 0.102. The van der Waals surface area contributed by atoms with Gasteiger partial charge in [-0.3, -0.25) is 4.79 Å². The first-order valence-electron chi connectivity index (χ1n) is 4.92. The Balaban J connectivity index is 2.30. The maximum Gasteiger partial charge on any atom is 0.275 e. The molecule has 0 unspecified atom stereocenters. The Morgan fingerprint density at radius 1 is 1.26 bits per heavy atom. The molecule has 4 nitrogen and oxygen atoms in total. The summed E-state index contributed by atoms with van der Waals surface area (Å²) < 4.78 is 0.678. The third-order valence-electron chi connectivity index (χ3n) is 2.08. The van der Waals surface area contributed by atoms with Crippen molar-refractivity contribution in [1.82, 2.24) is 9.97 Å². The number of pyridine rings is 2. The Morgan fingerprint density at radius 3 is 2.74 bits per heavy atom. The molecule has 2 aromatic rings. The first kappa shape index (κ1) is 14.5. The van der Waals surface area contributed by atoms with E-state index in [9.17, 15) is 4.79 Å². The van der Waals surface area contributed by atoms with Crippen LogP contribution in [0, 0.1) is 0 Å². The topological polar surface area (TPSA) is 54.9 Å². The minimum Gasteiger partial charge on any atom is -0.318 e. The molecule has 1 amide bonds. The summed E-state index contributed by atoms with van der Waals surface area (Å²) in [4.78, 5) is 19.8. The van der Waals surface area contributed by atoms with E-state index in [1.165, 1.54) is 18.3 Å². The van der Waals surface area contributed by atoms with Crippen molar-refractivity contribution in [2.24, 2.45) is 0 Å². The van der Waals surface area contributed by atoms with Gasteiger partial charge in [0.2, 0.25) is 0 Å². The second kappa shape index (κ2) is 6.05. The highest BCUT2D eigenvalue weighted by molar-refractivity contribution is 9.10. The molecule has 8 heteroatoms. The van der Waals surface area contributed by atoms with Crippen molar-refractivity contribution in [3.05, 3.63) is 49.9 Å². The summed E-state index contributed by atoms with van der Waals surface area (Å²) in [5, 5.41) is 3.10. The summed E-state index contributed by atoms with van der Waals surface area (Å²) in [6.45, 7) is 0. The molecule has 2 rings (SSSR count). The van der Waals surface area contributed by atoms with Crippen molar-refractivity contribution in [1.29, 1.82) is 0 Å². The first-order valence-corrected chi connectivity index (χ1v) is 6.84. The first-order chi connectivity index (χ1) is 8.97. The van der Waals surface area contributed by atoms with E-state index >= 15 is 0 Å². The lowest BCUT2D eigenvalue weighted by Gasteiger charge is -2.07. The lowest BCUT2D eigenvalue weighted by Crippen LogP contribution is -2.15. The van der Waals surface area contributed by atoms with E-state index < -0.39 is 5.91 Å². The summed E-state index contributed by atoms with van der Waals surface area (Å²) in [5.74, 6) is -0.519. The third-order valence-corrected chi connectivity index (χ3v) is 3.33. The number of hydrogen-bond acceptors (Lipinski definition) is 3. The summed E-state index contributed by atoms with van der Waals surface area (Å²) >= 11 is 20.7. The van der Waals surface area contributed by atoms with Crippen LogP contribution in [0.25, 0.3) is 0 Å². The van der Waals surface area contributed by atoms with Crippen molar-refractivity contribution in [3.63, 3.8) is 0 Å². The summed E-state index contributed by atoms with van der Waals surface area (Å²) in [5.41, 5.74) is 0.365. The van der Waals surface area contributed by atoms with Crippen LogP contribution >= 0.6 is 50.7 Å². The van der Waals surface area contributed by atoms with Crippen molar-refractivity contribution >= 4 is 62.3 Å². The number of nitrogens with zero attached hydrogens (tertiary/aromatic N) is 2. The van der Waals surface area contributed by atoms with Gasteiger partial charge in [0.15, 0.2) is 5.15 Å². The number of carbonyl (C=O) groups excluding carboxylic acids is 1. The van der Waals surface area contributed by atoms with Gasteiger partial charge in [-0.05, 0) is 34.1 Å². The Labute approximate surface area is 132 Å². The summed E-state index contributed by atoms with van der Waals surface area (Å²) in [7, 11) is 0. The molecule has 0 aliphatic rings. The Hall–Kier alpha value is -0.880. The molecule has 2 aromatic heterocycles. The van der Waals surface area contributed by atoms with E-state index in [0.717, 1.165) is 0 Å². The van der Waals surface area contributed by atoms with Gasteiger partial charge in [0.05, 0.1) is 10.7 Å². The zero-order valence-electron chi connectivity index (χ0n) is 9.12. The van der Waals surface area contributed by atoms with E-state index in [1.807, 2.05) is 0 Å². The zero-order valence-corrected chi connectivity index (χ0v) is 13.0. The number of rotatable bonds is 2. The standard InChI is InChI=1S/C11H5BrCl3N3O/c12-5-3-7(10(15)16-4-5)17-11(19)9-6(13)1-2-8(14)18-9/h1-4H,(H,17,19). The fraction of sp³-hybridized carbons (Fsp3) is 0.